The van der Waals surface area contributed by atoms with Crippen LogP contribution in [0.15, 0.2) is 46.7 Å². The number of rotatable bonds is 2. The maximum Gasteiger partial charge on any atom is 0.166 e. The Morgan fingerprint density at radius 1 is 1.11 bits per heavy atom. The molecule has 4 nitrogen and oxygen atoms in total. The third-order valence-electron chi connectivity index (χ3n) is 4.50. The number of hydrogen-bond acceptors (Lipinski definition) is 4. The fourth-order valence-electron chi connectivity index (χ4n) is 3.30. The van der Waals surface area contributed by atoms with Crippen LogP contribution in [-0.4, -0.2) is 16.5 Å². The second kappa shape index (κ2) is 6.81. The van der Waals surface area contributed by atoms with E-state index in [2.05, 4.69) is 15.3 Å². The topological polar surface area (TPSA) is 54.4 Å². The smallest absolute Gasteiger partial charge is 0.166 e. The number of aliphatic imine (C=N–C) groups is 1. The first-order valence-corrected chi connectivity index (χ1v) is 8.69. The van der Waals surface area contributed by atoms with Crippen molar-refractivity contribution in [1.29, 1.82) is 0 Å². The standard InChI is InChI=1S/C19H13ClF3N3O/c20-12-6-9(21)4-5-11(12)17-16-14(2-1-3-15(16)27)25-19(26-17)18-13(23)7-10(22)8-24-18/h4-8,19,25H,1-3H2. The lowest BCUT2D eigenvalue weighted by Crippen LogP contribution is -2.35. The molecule has 0 bridgehead atoms. The van der Waals surface area contributed by atoms with E-state index in [9.17, 15) is 18.0 Å². The molecule has 2 heterocycles. The minimum Gasteiger partial charge on any atom is -0.361 e. The van der Waals surface area contributed by atoms with E-state index < -0.39 is 23.6 Å². The molecule has 0 fully saturated rings. The number of pyridine rings is 1. The van der Waals surface area contributed by atoms with Gasteiger partial charge in [-0.25, -0.2) is 13.2 Å². The summed E-state index contributed by atoms with van der Waals surface area (Å²) >= 11 is 6.17. The summed E-state index contributed by atoms with van der Waals surface area (Å²) in [6.07, 6.45) is 1.51. The SMILES string of the molecule is O=C1CCCC2=C1C(c1ccc(F)cc1Cl)=NC(c1ncc(F)cc1F)N2. The van der Waals surface area contributed by atoms with E-state index in [1.165, 1.54) is 12.1 Å². The van der Waals surface area contributed by atoms with Crippen molar-refractivity contribution in [2.75, 3.05) is 0 Å². The minimum absolute atomic E-state index is 0.0900. The van der Waals surface area contributed by atoms with Crippen LogP contribution in [0.2, 0.25) is 5.02 Å². The Labute approximate surface area is 157 Å². The predicted octanol–water partition coefficient (Wildman–Crippen LogP) is 4.25. The third-order valence-corrected chi connectivity index (χ3v) is 4.81. The molecule has 2 aliphatic rings. The fourth-order valence-corrected chi connectivity index (χ4v) is 3.55. The molecule has 1 aliphatic carbocycles. The van der Waals surface area contributed by atoms with Gasteiger partial charge in [0.25, 0.3) is 0 Å². The summed E-state index contributed by atoms with van der Waals surface area (Å²) in [6, 6.07) is 4.49. The first-order chi connectivity index (χ1) is 12.9. The van der Waals surface area contributed by atoms with Gasteiger partial charge in [-0.05, 0) is 31.0 Å². The number of Topliss-reactive ketones (excluding diaryl/α,β-unsaturated/α-hetero) is 1. The molecule has 0 spiro atoms. The fraction of sp³-hybridized carbons (Fsp3) is 0.211. The molecule has 0 saturated carbocycles. The molecule has 1 aliphatic heterocycles. The molecule has 0 amide bonds. The summed E-state index contributed by atoms with van der Waals surface area (Å²) < 4.78 is 40.9. The number of ketones is 1. The van der Waals surface area contributed by atoms with Crippen LogP contribution in [0.1, 0.15) is 36.7 Å². The van der Waals surface area contributed by atoms with Crippen LogP contribution < -0.4 is 5.32 Å². The second-order valence-electron chi connectivity index (χ2n) is 6.30. The van der Waals surface area contributed by atoms with Gasteiger partial charge in [0, 0.05) is 23.7 Å². The van der Waals surface area contributed by atoms with Gasteiger partial charge < -0.3 is 5.32 Å². The number of allylic oxidation sites excluding steroid dienone is 2. The maximum absolute atomic E-state index is 14.2. The van der Waals surface area contributed by atoms with Gasteiger partial charge in [0.05, 0.1) is 22.5 Å². The van der Waals surface area contributed by atoms with Gasteiger partial charge in [-0.2, -0.15) is 0 Å². The average molecular weight is 392 g/mol. The van der Waals surface area contributed by atoms with E-state index in [4.69, 9.17) is 11.6 Å². The number of nitrogens with zero attached hydrogens (tertiary/aromatic N) is 2. The Hall–Kier alpha value is -2.67. The van der Waals surface area contributed by atoms with E-state index in [0.29, 0.717) is 36.1 Å². The van der Waals surface area contributed by atoms with Crippen molar-refractivity contribution in [2.24, 2.45) is 4.99 Å². The highest BCUT2D eigenvalue weighted by atomic mass is 35.5. The van der Waals surface area contributed by atoms with Gasteiger partial charge in [0.2, 0.25) is 0 Å². The number of hydrogen-bond donors (Lipinski definition) is 1. The zero-order valence-corrected chi connectivity index (χ0v) is 14.7. The van der Waals surface area contributed by atoms with Crippen LogP contribution in [0.4, 0.5) is 13.2 Å². The quantitative estimate of drug-likeness (QED) is 0.832. The van der Waals surface area contributed by atoms with Crippen molar-refractivity contribution in [3.63, 3.8) is 0 Å². The van der Waals surface area contributed by atoms with Crippen LogP contribution in [0, 0.1) is 17.5 Å². The molecule has 1 atom stereocenters. The first-order valence-electron chi connectivity index (χ1n) is 8.31. The molecule has 0 radical (unpaired) electrons. The van der Waals surface area contributed by atoms with Crippen LogP contribution in [0.25, 0.3) is 0 Å². The minimum atomic E-state index is -0.952. The molecule has 0 saturated heterocycles. The Kier molecular flexibility index (Phi) is 4.47. The Balaban J connectivity index is 1.88. The van der Waals surface area contributed by atoms with E-state index in [-0.39, 0.29) is 22.2 Å². The third kappa shape index (κ3) is 3.23. The van der Waals surface area contributed by atoms with Crippen LogP contribution in [0.3, 0.4) is 0 Å². The maximum atomic E-state index is 14.2. The molecular formula is C19H13ClF3N3O. The summed E-state index contributed by atoms with van der Waals surface area (Å²) in [4.78, 5) is 20.7. The van der Waals surface area contributed by atoms with Gasteiger partial charge in [-0.3, -0.25) is 14.8 Å². The van der Waals surface area contributed by atoms with Crippen LogP contribution in [-0.2, 0) is 4.79 Å². The Morgan fingerprint density at radius 3 is 2.67 bits per heavy atom. The molecule has 1 aromatic carbocycles. The number of benzene rings is 1. The molecule has 2 aromatic rings. The number of carbonyl (C=O) groups excluding carboxylic acids is 1. The zero-order chi connectivity index (χ0) is 19.1. The number of aromatic nitrogens is 1. The van der Waals surface area contributed by atoms with Crippen molar-refractivity contribution in [2.45, 2.75) is 25.4 Å². The highest BCUT2D eigenvalue weighted by molar-refractivity contribution is 6.38. The number of halogens is 4. The van der Waals surface area contributed by atoms with E-state index >= 15 is 0 Å². The molecule has 8 heteroatoms. The molecule has 4 rings (SSSR count). The largest absolute Gasteiger partial charge is 0.361 e. The summed E-state index contributed by atoms with van der Waals surface area (Å²) in [5.74, 6) is -2.29. The van der Waals surface area contributed by atoms with Crippen molar-refractivity contribution in [1.82, 2.24) is 10.3 Å². The molecule has 1 aromatic heterocycles. The van der Waals surface area contributed by atoms with E-state index in [1.807, 2.05) is 0 Å². The summed E-state index contributed by atoms with van der Waals surface area (Å²) in [6.45, 7) is 0. The number of carbonyl (C=O) groups is 1. The first kappa shape index (κ1) is 17.7. The Bertz CT molecular complexity index is 1020. The monoisotopic (exact) mass is 391 g/mol. The van der Waals surface area contributed by atoms with Gasteiger partial charge in [-0.1, -0.05) is 11.6 Å². The number of nitrogens with one attached hydrogen (secondary N) is 1. The highest BCUT2D eigenvalue weighted by Crippen LogP contribution is 2.34. The van der Waals surface area contributed by atoms with E-state index in [1.54, 1.807) is 0 Å². The van der Waals surface area contributed by atoms with E-state index in [0.717, 1.165) is 18.3 Å². The van der Waals surface area contributed by atoms with Gasteiger partial charge >= 0.3 is 0 Å². The van der Waals surface area contributed by atoms with Crippen molar-refractivity contribution >= 4 is 23.1 Å². The summed E-state index contributed by atoms with van der Waals surface area (Å²) in [7, 11) is 0. The molecule has 1 N–H and O–H groups in total. The molecule has 1 unspecified atom stereocenters. The Morgan fingerprint density at radius 2 is 1.93 bits per heavy atom. The predicted molar refractivity (Wildman–Crippen MR) is 93.9 cm³/mol. The van der Waals surface area contributed by atoms with Gasteiger partial charge in [0.1, 0.15) is 17.3 Å². The van der Waals surface area contributed by atoms with Crippen molar-refractivity contribution in [3.05, 3.63) is 75.5 Å². The lowest BCUT2D eigenvalue weighted by atomic mass is 9.87. The van der Waals surface area contributed by atoms with Gasteiger partial charge in [0.15, 0.2) is 17.8 Å². The molecular weight excluding hydrogens is 379 g/mol. The lowest BCUT2D eigenvalue weighted by molar-refractivity contribution is -0.115. The normalized spacial score (nSPS) is 19.5. The van der Waals surface area contributed by atoms with Crippen molar-refractivity contribution in [3.8, 4) is 0 Å². The molecule has 138 valence electrons. The average Bonchev–Trinajstić information content (AvgIpc) is 2.61. The second-order valence-corrected chi connectivity index (χ2v) is 6.71. The highest BCUT2D eigenvalue weighted by Gasteiger charge is 2.33. The van der Waals surface area contributed by atoms with Crippen LogP contribution in [0.5, 0.6) is 0 Å². The molecule has 27 heavy (non-hydrogen) atoms. The lowest BCUT2D eigenvalue weighted by Gasteiger charge is -2.30. The zero-order valence-electron chi connectivity index (χ0n) is 13.9. The van der Waals surface area contributed by atoms with Crippen molar-refractivity contribution < 1.29 is 18.0 Å². The summed E-state index contributed by atoms with van der Waals surface area (Å²) in [5, 5.41) is 3.11. The summed E-state index contributed by atoms with van der Waals surface area (Å²) in [5.41, 5.74) is 1.50. The van der Waals surface area contributed by atoms with Crippen LogP contribution >= 0.6 is 11.6 Å². The van der Waals surface area contributed by atoms with Gasteiger partial charge in [-0.15, -0.1) is 0 Å².